The number of nitrogens with one attached hydrogen (secondary N) is 1. The predicted octanol–water partition coefficient (Wildman–Crippen LogP) is 6.31. The van der Waals surface area contributed by atoms with Gasteiger partial charge in [-0.3, -0.25) is 4.79 Å². The third kappa shape index (κ3) is 4.26. The van der Waals surface area contributed by atoms with E-state index in [2.05, 4.69) is 5.32 Å². The van der Waals surface area contributed by atoms with Crippen LogP contribution in [-0.2, 0) is 6.18 Å². The van der Waals surface area contributed by atoms with Gasteiger partial charge in [-0.05, 0) is 61.1 Å². The van der Waals surface area contributed by atoms with Crippen LogP contribution < -0.4 is 5.32 Å². The van der Waals surface area contributed by atoms with Gasteiger partial charge in [0.15, 0.2) is 0 Å². The smallest absolute Gasteiger partial charge is 0.322 e. The van der Waals surface area contributed by atoms with Gasteiger partial charge in [0.25, 0.3) is 5.91 Å². The fraction of sp³-hybridized carbons (Fsp3) is 0.381. The molecule has 1 fully saturated rings. The van der Waals surface area contributed by atoms with Crippen LogP contribution in [0.5, 0.6) is 0 Å². The van der Waals surface area contributed by atoms with Gasteiger partial charge in [-0.15, -0.1) is 0 Å². The van der Waals surface area contributed by atoms with E-state index in [1.807, 2.05) is 12.1 Å². The van der Waals surface area contributed by atoms with Crippen LogP contribution in [0.4, 0.5) is 18.9 Å². The Morgan fingerprint density at radius 1 is 1.00 bits per heavy atom. The Kier molecular flexibility index (Phi) is 5.35. The van der Waals surface area contributed by atoms with Crippen molar-refractivity contribution in [3.63, 3.8) is 0 Å². The molecule has 26 heavy (non-hydrogen) atoms. The standard InChI is InChI=1S/C21H22F3NO/c1-14-7-12-18(13-19(14)21(22,23)24)25-20(26)17-10-8-16(9-11-17)15-5-3-2-4-6-15/h7-13,15H,2-6H2,1H3,(H,25,26). The topological polar surface area (TPSA) is 29.1 Å². The van der Waals surface area contributed by atoms with E-state index >= 15 is 0 Å². The summed E-state index contributed by atoms with van der Waals surface area (Å²) in [6, 6.07) is 11.2. The third-order valence-corrected chi connectivity index (χ3v) is 5.05. The fourth-order valence-electron chi connectivity index (χ4n) is 3.55. The molecule has 0 bridgehead atoms. The van der Waals surface area contributed by atoms with Gasteiger partial charge in [0.1, 0.15) is 0 Å². The molecule has 1 aliphatic carbocycles. The molecule has 2 aromatic carbocycles. The van der Waals surface area contributed by atoms with Crippen molar-refractivity contribution in [2.45, 2.75) is 51.1 Å². The normalized spacial score (nSPS) is 15.7. The van der Waals surface area contributed by atoms with E-state index in [0.29, 0.717) is 11.5 Å². The van der Waals surface area contributed by atoms with Crippen molar-refractivity contribution < 1.29 is 18.0 Å². The van der Waals surface area contributed by atoms with Crippen molar-refractivity contribution in [1.82, 2.24) is 0 Å². The van der Waals surface area contributed by atoms with Crippen LogP contribution in [0.2, 0.25) is 0 Å². The molecule has 1 N–H and O–H groups in total. The van der Waals surface area contributed by atoms with Crippen LogP contribution in [-0.4, -0.2) is 5.91 Å². The predicted molar refractivity (Wildman–Crippen MR) is 96.4 cm³/mol. The van der Waals surface area contributed by atoms with Gasteiger partial charge in [-0.1, -0.05) is 37.5 Å². The molecule has 0 saturated heterocycles. The monoisotopic (exact) mass is 361 g/mol. The molecule has 1 aliphatic rings. The number of carbonyl (C=O) groups excluding carboxylic acids is 1. The van der Waals surface area contributed by atoms with Crippen LogP contribution in [0.15, 0.2) is 42.5 Å². The van der Waals surface area contributed by atoms with Crippen molar-refractivity contribution in [1.29, 1.82) is 0 Å². The maximum atomic E-state index is 13.0. The Morgan fingerprint density at radius 3 is 2.27 bits per heavy atom. The molecule has 0 aromatic heterocycles. The number of hydrogen-bond acceptors (Lipinski definition) is 1. The van der Waals surface area contributed by atoms with Gasteiger partial charge in [-0.25, -0.2) is 0 Å². The molecule has 138 valence electrons. The lowest BCUT2D eigenvalue weighted by Crippen LogP contribution is -2.14. The van der Waals surface area contributed by atoms with Crippen LogP contribution in [0, 0.1) is 6.92 Å². The number of alkyl halides is 3. The summed E-state index contributed by atoms with van der Waals surface area (Å²) < 4.78 is 39.0. The molecule has 2 aromatic rings. The lowest BCUT2D eigenvalue weighted by molar-refractivity contribution is -0.138. The minimum absolute atomic E-state index is 0.132. The first-order valence-corrected chi connectivity index (χ1v) is 8.94. The van der Waals surface area contributed by atoms with Gasteiger partial charge in [0, 0.05) is 11.3 Å². The minimum atomic E-state index is -4.44. The van der Waals surface area contributed by atoms with Gasteiger partial charge in [-0.2, -0.15) is 13.2 Å². The Morgan fingerprint density at radius 2 is 1.65 bits per heavy atom. The maximum Gasteiger partial charge on any atom is 0.416 e. The number of hydrogen-bond donors (Lipinski definition) is 1. The SMILES string of the molecule is Cc1ccc(NC(=O)c2ccc(C3CCCCC3)cc2)cc1C(F)(F)F. The molecule has 0 atom stereocenters. The average Bonchev–Trinajstić information content (AvgIpc) is 2.63. The minimum Gasteiger partial charge on any atom is -0.322 e. The van der Waals surface area contributed by atoms with Gasteiger partial charge in [0.05, 0.1) is 5.56 Å². The van der Waals surface area contributed by atoms with E-state index < -0.39 is 17.6 Å². The van der Waals surface area contributed by atoms with E-state index in [4.69, 9.17) is 0 Å². The first kappa shape index (κ1) is 18.5. The summed E-state index contributed by atoms with van der Waals surface area (Å²) in [4.78, 5) is 12.4. The number of aryl methyl sites for hydroxylation is 1. The molecule has 2 nitrogen and oxygen atoms in total. The molecular weight excluding hydrogens is 339 g/mol. The highest BCUT2D eigenvalue weighted by Gasteiger charge is 2.32. The Hall–Kier alpha value is -2.30. The Balaban J connectivity index is 1.72. The quantitative estimate of drug-likeness (QED) is 0.681. The lowest BCUT2D eigenvalue weighted by atomic mass is 9.84. The second-order valence-electron chi connectivity index (χ2n) is 6.94. The second-order valence-corrected chi connectivity index (χ2v) is 6.94. The number of anilines is 1. The summed E-state index contributed by atoms with van der Waals surface area (Å²) in [5.74, 6) is 0.143. The highest BCUT2D eigenvalue weighted by Crippen LogP contribution is 2.34. The van der Waals surface area contributed by atoms with Crippen LogP contribution in [0.1, 0.15) is 65.1 Å². The van der Waals surface area contributed by atoms with Gasteiger partial charge >= 0.3 is 6.18 Å². The number of amides is 1. The van der Waals surface area contributed by atoms with Crippen molar-refractivity contribution in [2.24, 2.45) is 0 Å². The van der Waals surface area contributed by atoms with E-state index in [9.17, 15) is 18.0 Å². The summed E-state index contributed by atoms with van der Waals surface area (Å²) in [5.41, 5.74) is 1.22. The Labute approximate surface area is 151 Å². The first-order valence-electron chi connectivity index (χ1n) is 8.94. The summed E-state index contributed by atoms with van der Waals surface area (Å²) in [7, 11) is 0. The summed E-state index contributed by atoms with van der Waals surface area (Å²) >= 11 is 0. The average molecular weight is 361 g/mol. The van der Waals surface area contributed by atoms with Crippen molar-refractivity contribution in [3.05, 3.63) is 64.7 Å². The molecule has 0 heterocycles. The molecule has 0 aliphatic heterocycles. The van der Waals surface area contributed by atoms with Crippen LogP contribution >= 0.6 is 0 Å². The molecule has 1 saturated carbocycles. The number of rotatable bonds is 3. The molecule has 0 radical (unpaired) electrons. The highest BCUT2D eigenvalue weighted by atomic mass is 19.4. The first-order chi connectivity index (χ1) is 12.3. The third-order valence-electron chi connectivity index (χ3n) is 5.05. The Bertz CT molecular complexity index is 775. The van der Waals surface area contributed by atoms with Crippen molar-refractivity contribution in [3.8, 4) is 0 Å². The van der Waals surface area contributed by atoms with Gasteiger partial charge < -0.3 is 5.32 Å². The van der Waals surface area contributed by atoms with E-state index in [1.54, 1.807) is 12.1 Å². The highest BCUT2D eigenvalue weighted by molar-refractivity contribution is 6.04. The van der Waals surface area contributed by atoms with E-state index in [1.165, 1.54) is 56.7 Å². The zero-order valence-electron chi connectivity index (χ0n) is 14.7. The lowest BCUT2D eigenvalue weighted by Gasteiger charge is -2.22. The number of halogens is 3. The van der Waals surface area contributed by atoms with Crippen LogP contribution in [0.3, 0.4) is 0 Å². The molecule has 0 unspecified atom stereocenters. The van der Waals surface area contributed by atoms with E-state index in [0.717, 1.165) is 6.07 Å². The van der Waals surface area contributed by atoms with Crippen molar-refractivity contribution >= 4 is 11.6 Å². The number of carbonyl (C=O) groups is 1. The zero-order chi connectivity index (χ0) is 18.7. The second kappa shape index (κ2) is 7.52. The largest absolute Gasteiger partial charge is 0.416 e. The molecular formula is C21H22F3NO. The van der Waals surface area contributed by atoms with Crippen LogP contribution in [0.25, 0.3) is 0 Å². The van der Waals surface area contributed by atoms with E-state index in [-0.39, 0.29) is 11.3 Å². The van der Waals surface area contributed by atoms with Crippen molar-refractivity contribution in [2.75, 3.05) is 5.32 Å². The number of benzene rings is 2. The summed E-state index contributed by atoms with van der Waals surface area (Å²) in [6.45, 7) is 1.40. The molecule has 5 heteroatoms. The van der Waals surface area contributed by atoms with Gasteiger partial charge in [0.2, 0.25) is 0 Å². The summed E-state index contributed by atoms with van der Waals surface area (Å²) in [6.07, 6.45) is 1.67. The maximum absolute atomic E-state index is 13.0. The molecule has 3 rings (SSSR count). The zero-order valence-corrected chi connectivity index (χ0v) is 14.7. The summed E-state index contributed by atoms with van der Waals surface area (Å²) in [5, 5.41) is 2.56. The molecule has 1 amide bonds. The fourth-order valence-corrected chi connectivity index (χ4v) is 3.55. The molecule has 0 spiro atoms.